The van der Waals surface area contributed by atoms with Crippen LogP contribution in [0.2, 0.25) is 0 Å². The quantitative estimate of drug-likeness (QED) is 0.345. The fraction of sp³-hybridized carbons (Fsp3) is 0.714. The van der Waals surface area contributed by atoms with E-state index in [4.69, 9.17) is 17.2 Å². The summed E-state index contributed by atoms with van der Waals surface area (Å²) in [5.74, 6) is 0.708. The van der Waals surface area contributed by atoms with Crippen molar-refractivity contribution in [2.75, 3.05) is 26.7 Å². The molecule has 1 heterocycles. The second kappa shape index (κ2) is 4.08. The van der Waals surface area contributed by atoms with Crippen LogP contribution in [0.5, 0.6) is 0 Å². The van der Waals surface area contributed by atoms with Gasteiger partial charge in [-0.15, -0.1) is 0 Å². The number of likely N-dealkylation sites (tertiary alicyclic amines) is 1. The molecule has 0 atom stereocenters. The summed E-state index contributed by atoms with van der Waals surface area (Å²) in [4.78, 5) is 9.87. The summed E-state index contributed by atoms with van der Waals surface area (Å²) in [6.45, 7) is 2.84. The lowest BCUT2D eigenvalue weighted by molar-refractivity contribution is 0.141. The van der Waals surface area contributed by atoms with Gasteiger partial charge in [0.1, 0.15) is 0 Å². The Hall–Kier alpha value is -1.30. The van der Waals surface area contributed by atoms with Gasteiger partial charge in [0, 0.05) is 25.6 Å². The van der Waals surface area contributed by atoms with Crippen LogP contribution in [0.3, 0.4) is 0 Å². The predicted molar refractivity (Wildman–Crippen MR) is 53.3 cm³/mol. The third kappa shape index (κ3) is 3.29. The third-order valence-electron chi connectivity index (χ3n) is 1.89. The smallest absolute Gasteiger partial charge is 0.218 e. The monoisotopic (exact) mass is 184 g/mol. The Morgan fingerprint density at radius 1 is 1.38 bits per heavy atom. The summed E-state index contributed by atoms with van der Waals surface area (Å²) < 4.78 is 0. The standard InChI is InChI=1S/C7H16N6/c1-13-3-5(4-13)2-11-7(10)12-6(8)9/h5H,2-4H2,1H3,(H6,8,9,10,11,12). The second-order valence-corrected chi connectivity index (χ2v) is 3.32. The van der Waals surface area contributed by atoms with E-state index in [1.165, 1.54) is 0 Å². The van der Waals surface area contributed by atoms with Gasteiger partial charge in [-0.25, -0.2) is 0 Å². The van der Waals surface area contributed by atoms with E-state index in [-0.39, 0.29) is 11.9 Å². The molecule has 1 aliphatic rings. The first-order valence-electron chi connectivity index (χ1n) is 4.16. The van der Waals surface area contributed by atoms with Crippen molar-refractivity contribution in [1.29, 1.82) is 0 Å². The SMILES string of the molecule is CN1CC(CN=C(N)N=C(N)N)C1. The largest absolute Gasteiger partial charge is 0.370 e. The van der Waals surface area contributed by atoms with Crippen molar-refractivity contribution in [2.45, 2.75) is 0 Å². The highest BCUT2D eigenvalue weighted by atomic mass is 15.2. The maximum atomic E-state index is 5.43. The third-order valence-corrected chi connectivity index (χ3v) is 1.89. The van der Waals surface area contributed by atoms with E-state index in [0.29, 0.717) is 12.5 Å². The maximum Gasteiger partial charge on any atom is 0.218 e. The molecule has 0 saturated carbocycles. The number of aliphatic imine (C=N–C) groups is 2. The van der Waals surface area contributed by atoms with Crippen molar-refractivity contribution in [1.82, 2.24) is 4.90 Å². The van der Waals surface area contributed by atoms with Crippen molar-refractivity contribution >= 4 is 11.9 Å². The number of rotatable bonds is 2. The van der Waals surface area contributed by atoms with Crippen molar-refractivity contribution in [3.8, 4) is 0 Å². The van der Waals surface area contributed by atoms with E-state index in [0.717, 1.165) is 13.1 Å². The maximum absolute atomic E-state index is 5.43. The topological polar surface area (TPSA) is 106 Å². The Kier molecular flexibility index (Phi) is 3.07. The summed E-state index contributed by atoms with van der Waals surface area (Å²) in [5, 5.41) is 0. The zero-order valence-electron chi connectivity index (χ0n) is 7.77. The van der Waals surface area contributed by atoms with E-state index < -0.39 is 0 Å². The minimum Gasteiger partial charge on any atom is -0.370 e. The molecule has 6 N–H and O–H groups in total. The van der Waals surface area contributed by atoms with Crippen molar-refractivity contribution in [3.63, 3.8) is 0 Å². The Morgan fingerprint density at radius 2 is 2.00 bits per heavy atom. The molecule has 6 heteroatoms. The highest BCUT2D eigenvalue weighted by molar-refractivity contribution is 5.92. The molecule has 1 aliphatic heterocycles. The normalized spacial score (nSPS) is 19.6. The van der Waals surface area contributed by atoms with E-state index in [9.17, 15) is 0 Å². The predicted octanol–water partition coefficient (Wildman–Crippen LogP) is -1.86. The first kappa shape index (κ1) is 9.79. The summed E-state index contributed by atoms with van der Waals surface area (Å²) in [6.07, 6.45) is 0. The molecule has 0 bridgehead atoms. The zero-order chi connectivity index (χ0) is 9.84. The van der Waals surface area contributed by atoms with Crippen LogP contribution >= 0.6 is 0 Å². The first-order valence-corrected chi connectivity index (χ1v) is 4.16. The van der Waals surface area contributed by atoms with Crippen LogP contribution in [0.15, 0.2) is 9.98 Å². The molecule has 0 aromatic rings. The van der Waals surface area contributed by atoms with Crippen molar-refractivity contribution in [3.05, 3.63) is 0 Å². The van der Waals surface area contributed by atoms with Gasteiger partial charge in [-0.2, -0.15) is 4.99 Å². The molecule has 13 heavy (non-hydrogen) atoms. The van der Waals surface area contributed by atoms with Crippen LogP contribution in [0, 0.1) is 5.92 Å². The van der Waals surface area contributed by atoms with Gasteiger partial charge in [-0.1, -0.05) is 0 Å². The Labute approximate surface area is 77.5 Å². The minimum atomic E-state index is -0.0491. The molecule has 0 aliphatic carbocycles. The molecule has 1 saturated heterocycles. The van der Waals surface area contributed by atoms with E-state index in [1.807, 2.05) is 0 Å². The summed E-state index contributed by atoms with van der Waals surface area (Å²) in [7, 11) is 2.07. The lowest BCUT2D eigenvalue weighted by Gasteiger charge is -2.34. The lowest BCUT2D eigenvalue weighted by Crippen LogP contribution is -2.45. The highest BCUT2D eigenvalue weighted by Gasteiger charge is 2.22. The van der Waals surface area contributed by atoms with Crippen LogP contribution in [0.25, 0.3) is 0 Å². The Balaban J connectivity index is 2.27. The van der Waals surface area contributed by atoms with Gasteiger partial charge < -0.3 is 22.1 Å². The van der Waals surface area contributed by atoms with Crippen LogP contribution in [-0.4, -0.2) is 43.5 Å². The fourth-order valence-corrected chi connectivity index (χ4v) is 1.33. The molecule has 1 rings (SSSR count). The van der Waals surface area contributed by atoms with Crippen molar-refractivity contribution in [2.24, 2.45) is 33.1 Å². The summed E-state index contributed by atoms with van der Waals surface area (Å²) >= 11 is 0. The molecule has 74 valence electrons. The van der Waals surface area contributed by atoms with Crippen LogP contribution in [0.4, 0.5) is 0 Å². The number of guanidine groups is 2. The Morgan fingerprint density at radius 3 is 2.46 bits per heavy atom. The summed E-state index contributed by atoms with van der Waals surface area (Å²) in [6, 6.07) is 0. The zero-order valence-corrected chi connectivity index (χ0v) is 7.77. The lowest BCUT2D eigenvalue weighted by atomic mass is 10.0. The highest BCUT2D eigenvalue weighted by Crippen LogP contribution is 2.12. The van der Waals surface area contributed by atoms with Crippen LogP contribution in [0.1, 0.15) is 0 Å². The first-order chi connectivity index (χ1) is 6.08. The molecule has 0 amide bonds. The van der Waals surface area contributed by atoms with Gasteiger partial charge in [0.05, 0.1) is 0 Å². The molecular weight excluding hydrogens is 168 g/mol. The molecule has 0 aromatic carbocycles. The van der Waals surface area contributed by atoms with Gasteiger partial charge in [0.15, 0.2) is 5.96 Å². The number of hydrogen-bond donors (Lipinski definition) is 3. The second-order valence-electron chi connectivity index (χ2n) is 3.32. The van der Waals surface area contributed by atoms with Crippen LogP contribution < -0.4 is 17.2 Å². The molecule has 0 spiro atoms. The van der Waals surface area contributed by atoms with Crippen LogP contribution in [-0.2, 0) is 0 Å². The van der Waals surface area contributed by atoms with E-state index in [1.54, 1.807) is 0 Å². The van der Waals surface area contributed by atoms with E-state index >= 15 is 0 Å². The van der Waals surface area contributed by atoms with Gasteiger partial charge in [-0.05, 0) is 7.05 Å². The van der Waals surface area contributed by atoms with Gasteiger partial charge in [-0.3, -0.25) is 4.99 Å². The number of hydrogen-bond acceptors (Lipinski definition) is 2. The molecule has 0 unspecified atom stereocenters. The van der Waals surface area contributed by atoms with Gasteiger partial charge in [0.2, 0.25) is 5.96 Å². The molecule has 1 fully saturated rings. The summed E-state index contributed by atoms with van der Waals surface area (Å²) in [5.41, 5.74) is 15.7. The Bertz CT molecular complexity index is 223. The average molecular weight is 184 g/mol. The van der Waals surface area contributed by atoms with Gasteiger partial charge >= 0.3 is 0 Å². The average Bonchev–Trinajstić information content (AvgIpc) is 1.94. The number of nitrogens with zero attached hydrogens (tertiary/aromatic N) is 3. The molecule has 0 radical (unpaired) electrons. The fourth-order valence-electron chi connectivity index (χ4n) is 1.33. The van der Waals surface area contributed by atoms with E-state index in [2.05, 4.69) is 21.9 Å². The molecule has 0 aromatic heterocycles. The molecular formula is C7H16N6. The number of nitrogens with two attached hydrogens (primary N) is 3. The molecule has 6 nitrogen and oxygen atoms in total. The minimum absolute atomic E-state index is 0.0491. The van der Waals surface area contributed by atoms with Crippen molar-refractivity contribution < 1.29 is 0 Å². The van der Waals surface area contributed by atoms with Gasteiger partial charge in [0.25, 0.3) is 0 Å².